The molecule has 10 heteroatoms. The lowest BCUT2D eigenvalue weighted by Crippen LogP contribution is -2.22. The number of para-hydroxylation sites is 1. The lowest BCUT2D eigenvalue weighted by molar-refractivity contribution is -0.117. The van der Waals surface area contributed by atoms with Crippen molar-refractivity contribution in [3.05, 3.63) is 66.2 Å². The number of aromatic nitrogens is 4. The van der Waals surface area contributed by atoms with Gasteiger partial charge in [0.15, 0.2) is 5.82 Å². The van der Waals surface area contributed by atoms with Crippen LogP contribution < -0.4 is 5.32 Å². The number of carbonyl (C=O) groups is 1. The van der Waals surface area contributed by atoms with Crippen molar-refractivity contribution in [3.63, 3.8) is 0 Å². The summed E-state index contributed by atoms with van der Waals surface area (Å²) in [7, 11) is -0.583. The molecule has 2 aromatic heterocycles. The van der Waals surface area contributed by atoms with E-state index in [9.17, 15) is 13.2 Å². The summed E-state index contributed by atoms with van der Waals surface area (Å²) in [5.74, 6) is -0.271. The van der Waals surface area contributed by atoms with E-state index < -0.39 is 15.9 Å². The highest BCUT2D eigenvalue weighted by Gasteiger charge is 2.20. The molecule has 4 aromatic rings. The number of hydrogen-bond acceptors (Lipinski definition) is 6. The van der Waals surface area contributed by atoms with E-state index in [1.165, 1.54) is 26.2 Å². The molecule has 0 aliphatic rings. The maximum absolute atomic E-state index is 12.7. The molecule has 0 saturated carbocycles. The van der Waals surface area contributed by atoms with E-state index in [1.807, 2.05) is 36.4 Å². The highest BCUT2D eigenvalue weighted by molar-refractivity contribution is 7.89. The van der Waals surface area contributed by atoms with E-state index in [1.54, 1.807) is 19.1 Å². The van der Waals surface area contributed by atoms with Gasteiger partial charge < -0.3 is 0 Å². The number of rotatable bonds is 6. The number of nitrogens with zero attached hydrogens (tertiary/aromatic N) is 4. The molecule has 0 saturated heterocycles. The monoisotopic (exact) mass is 450 g/mol. The average molecular weight is 451 g/mol. The van der Waals surface area contributed by atoms with Gasteiger partial charge >= 0.3 is 0 Å². The number of aromatic amines is 1. The molecule has 32 heavy (non-hydrogen) atoms. The van der Waals surface area contributed by atoms with Crippen LogP contribution in [0.4, 0.5) is 5.95 Å². The van der Waals surface area contributed by atoms with Crippen molar-refractivity contribution in [2.75, 3.05) is 19.4 Å². The van der Waals surface area contributed by atoms with Crippen molar-refractivity contribution < 1.29 is 13.2 Å². The minimum Gasteiger partial charge on any atom is -0.293 e. The quantitative estimate of drug-likeness (QED) is 0.466. The second-order valence-electron chi connectivity index (χ2n) is 7.46. The largest absolute Gasteiger partial charge is 0.293 e. The second kappa shape index (κ2) is 8.48. The first-order valence-electron chi connectivity index (χ1n) is 9.87. The fourth-order valence-electron chi connectivity index (χ4n) is 3.14. The van der Waals surface area contributed by atoms with Gasteiger partial charge in [0.1, 0.15) is 5.69 Å². The number of benzene rings is 2. The first-order valence-corrected chi connectivity index (χ1v) is 11.3. The summed E-state index contributed by atoms with van der Waals surface area (Å²) in [5.41, 5.74) is 2.12. The summed E-state index contributed by atoms with van der Waals surface area (Å²) in [6, 6.07) is 17.8. The van der Waals surface area contributed by atoms with Gasteiger partial charge in [0.25, 0.3) is 0 Å². The number of carbonyl (C=O) groups excluding carboxylic acids is 1. The van der Waals surface area contributed by atoms with Gasteiger partial charge in [-0.25, -0.2) is 17.7 Å². The number of hydrogen-bond donors (Lipinski definition) is 2. The summed E-state index contributed by atoms with van der Waals surface area (Å²) in [6.07, 6.45) is 0. The van der Waals surface area contributed by atoms with Gasteiger partial charge in [-0.3, -0.25) is 15.2 Å². The summed E-state index contributed by atoms with van der Waals surface area (Å²) in [6.45, 7) is 1.73. The molecular formula is C22H22N6O3S. The van der Waals surface area contributed by atoms with E-state index in [4.69, 9.17) is 0 Å². The Hall–Kier alpha value is -3.63. The topological polar surface area (TPSA) is 121 Å². The average Bonchev–Trinajstić information content (AvgIpc) is 3.26. The Bertz CT molecular complexity index is 1380. The molecule has 0 fully saturated rings. The SMILES string of the molecule is CC(C(=O)Nc1n[nH]c(-c2ccc3ccccc3n2)n1)c1ccc(S(=O)(=O)N(C)C)cc1. The first kappa shape index (κ1) is 21.6. The number of sulfonamides is 1. The van der Waals surface area contributed by atoms with Gasteiger partial charge in [0.2, 0.25) is 21.9 Å². The van der Waals surface area contributed by atoms with Crippen LogP contribution in [0.2, 0.25) is 0 Å². The third-order valence-corrected chi connectivity index (χ3v) is 6.94. The molecule has 1 amide bonds. The predicted octanol–water partition coefficient (Wildman–Crippen LogP) is 3.01. The Labute approximate surface area is 185 Å². The molecular weight excluding hydrogens is 428 g/mol. The minimum absolute atomic E-state index is 0.138. The molecule has 4 rings (SSSR count). The fourth-order valence-corrected chi connectivity index (χ4v) is 4.04. The van der Waals surface area contributed by atoms with Gasteiger partial charge in [-0.2, -0.15) is 4.98 Å². The molecule has 0 aliphatic heterocycles. The van der Waals surface area contributed by atoms with Crippen LogP contribution in [0, 0.1) is 0 Å². The molecule has 1 unspecified atom stereocenters. The summed E-state index contributed by atoms with van der Waals surface area (Å²) in [4.78, 5) is 21.7. The number of nitrogens with one attached hydrogen (secondary N) is 2. The molecule has 1 atom stereocenters. The summed E-state index contributed by atoms with van der Waals surface area (Å²) in [5, 5.41) is 10.6. The Kier molecular flexibility index (Phi) is 5.72. The maximum Gasteiger partial charge on any atom is 0.249 e. The van der Waals surface area contributed by atoms with Crippen LogP contribution in [0.1, 0.15) is 18.4 Å². The van der Waals surface area contributed by atoms with E-state index in [2.05, 4.69) is 25.5 Å². The zero-order valence-corrected chi connectivity index (χ0v) is 18.6. The van der Waals surface area contributed by atoms with Crippen LogP contribution in [0.5, 0.6) is 0 Å². The van der Waals surface area contributed by atoms with E-state index in [0.29, 0.717) is 17.1 Å². The van der Waals surface area contributed by atoms with Crippen molar-refractivity contribution in [1.82, 2.24) is 24.5 Å². The van der Waals surface area contributed by atoms with Gasteiger partial charge in [-0.05, 0) is 36.8 Å². The van der Waals surface area contributed by atoms with E-state index >= 15 is 0 Å². The Morgan fingerprint density at radius 3 is 2.44 bits per heavy atom. The maximum atomic E-state index is 12.7. The first-order chi connectivity index (χ1) is 15.3. The fraction of sp³-hybridized carbons (Fsp3) is 0.182. The lowest BCUT2D eigenvalue weighted by Gasteiger charge is -2.14. The molecule has 2 heterocycles. The number of H-pyrrole nitrogens is 1. The van der Waals surface area contributed by atoms with E-state index in [0.717, 1.165) is 15.2 Å². The van der Waals surface area contributed by atoms with Crippen molar-refractivity contribution in [1.29, 1.82) is 0 Å². The zero-order chi connectivity index (χ0) is 22.9. The lowest BCUT2D eigenvalue weighted by atomic mass is 10.0. The third-order valence-electron chi connectivity index (χ3n) is 5.11. The minimum atomic E-state index is -3.52. The zero-order valence-electron chi connectivity index (χ0n) is 17.8. The predicted molar refractivity (Wildman–Crippen MR) is 121 cm³/mol. The Balaban J connectivity index is 1.47. The van der Waals surface area contributed by atoms with Gasteiger partial charge in [-0.15, -0.1) is 5.10 Å². The Morgan fingerprint density at radius 1 is 1.00 bits per heavy atom. The molecule has 0 bridgehead atoms. The smallest absolute Gasteiger partial charge is 0.249 e. The van der Waals surface area contributed by atoms with Crippen molar-refractivity contribution in [3.8, 4) is 11.5 Å². The summed E-state index contributed by atoms with van der Waals surface area (Å²) < 4.78 is 25.5. The number of amides is 1. The highest BCUT2D eigenvalue weighted by Crippen LogP contribution is 2.22. The third kappa shape index (κ3) is 4.23. The molecule has 0 aliphatic carbocycles. The highest BCUT2D eigenvalue weighted by atomic mass is 32.2. The molecule has 2 N–H and O–H groups in total. The Morgan fingerprint density at radius 2 is 1.72 bits per heavy atom. The second-order valence-corrected chi connectivity index (χ2v) is 9.62. The molecule has 9 nitrogen and oxygen atoms in total. The number of anilines is 1. The van der Waals surface area contributed by atoms with Crippen molar-refractivity contribution in [2.45, 2.75) is 17.7 Å². The van der Waals surface area contributed by atoms with Gasteiger partial charge in [-0.1, -0.05) is 36.4 Å². The van der Waals surface area contributed by atoms with Gasteiger partial charge in [0.05, 0.1) is 16.3 Å². The van der Waals surface area contributed by atoms with Crippen LogP contribution in [0.25, 0.3) is 22.4 Å². The standard InChI is InChI=1S/C22H22N6O3S/c1-14(15-8-11-17(12-9-15)32(30,31)28(2)3)21(29)25-22-24-20(26-27-22)19-13-10-16-6-4-5-7-18(16)23-19/h4-14H,1-3H3,(H2,24,25,26,27,29). The van der Waals surface area contributed by atoms with Crippen LogP contribution in [0.15, 0.2) is 65.6 Å². The van der Waals surface area contributed by atoms with Gasteiger partial charge in [0, 0.05) is 19.5 Å². The molecule has 0 radical (unpaired) electrons. The van der Waals surface area contributed by atoms with Crippen molar-refractivity contribution >= 4 is 32.8 Å². The van der Waals surface area contributed by atoms with Crippen LogP contribution >= 0.6 is 0 Å². The summed E-state index contributed by atoms with van der Waals surface area (Å²) >= 11 is 0. The van der Waals surface area contributed by atoms with Crippen molar-refractivity contribution in [2.24, 2.45) is 0 Å². The van der Waals surface area contributed by atoms with E-state index in [-0.39, 0.29) is 16.8 Å². The van der Waals surface area contributed by atoms with Crippen LogP contribution in [-0.4, -0.2) is 52.9 Å². The normalized spacial score (nSPS) is 12.8. The molecule has 164 valence electrons. The number of pyridine rings is 1. The van der Waals surface area contributed by atoms with Crippen LogP contribution in [-0.2, 0) is 14.8 Å². The van der Waals surface area contributed by atoms with Crippen LogP contribution in [0.3, 0.4) is 0 Å². The molecule has 0 spiro atoms. The molecule has 2 aromatic carbocycles. The number of fused-ring (bicyclic) bond motifs is 1.